The van der Waals surface area contributed by atoms with Crippen LogP contribution in [0.2, 0.25) is 0 Å². The molecule has 0 radical (unpaired) electrons. The van der Waals surface area contributed by atoms with Gasteiger partial charge in [0.25, 0.3) is 0 Å². The number of ether oxygens (including phenoxy) is 7. The molecule has 0 aliphatic carbocycles. The zero-order valence-corrected chi connectivity index (χ0v) is 34.7. The lowest BCUT2D eigenvalue weighted by atomic mass is 10.1. The average molecular weight is 889 g/mol. The largest absolute Gasteiger partial charge is 0.509 e. The standard InChI is InChI=1S/C36H45N10O13PS/c1-3-4-10-52-11-12-53-36(49)54-20-61-60(50,59-28-23(14-47)57-34(29(28)51-2)46-19-44-27-31(38)40-17-42-33(27)46)55-15-24-22(58-35(48)21-8-6-5-7-9-21)13-25(56-24)45-18-43-26-30(37)39-16-41-32(26)45/h5-9,16-19,22-25,28-29,34,47H,3-4,10-15,20H2,1-2H3,(H2,37,39,41)(H2,38,40,42)/t22-,23+,24+,25+,28+,29+,34+,60?/m0/s1. The Bertz CT molecular complexity index is 2310. The maximum Gasteiger partial charge on any atom is 0.509 e. The molecule has 8 atom stereocenters. The average Bonchev–Trinajstić information content (AvgIpc) is 4.06. The monoisotopic (exact) mass is 888 g/mol. The lowest BCUT2D eigenvalue weighted by Gasteiger charge is -2.28. The maximum absolute atomic E-state index is 14.9. The predicted molar refractivity (Wildman–Crippen MR) is 214 cm³/mol. The number of hydrogen-bond donors (Lipinski definition) is 3. The zero-order chi connectivity index (χ0) is 42.9. The first-order valence-corrected chi connectivity index (χ1v) is 22.3. The molecule has 0 spiro atoms. The molecule has 328 valence electrons. The van der Waals surface area contributed by atoms with Gasteiger partial charge in [0.1, 0.15) is 67.0 Å². The number of aliphatic hydroxyl groups excluding tert-OH is 1. The Balaban J connectivity index is 1.12. The van der Waals surface area contributed by atoms with Crippen molar-refractivity contribution in [2.45, 2.75) is 69.2 Å². The first kappa shape index (κ1) is 44.0. The molecule has 2 saturated heterocycles. The van der Waals surface area contributed by atoms with E-state index < -0.39 is 81.1 Å². The summed E-state index contributed by atoms with van der Waals surface area (Å²) in [5.74, 6) is -0.916. The van der Waals surface area contributed by atoms with E-state index in [1.807, 2.05) is 6.92 Å². The lowest BCUT2D eigenvalue weighted by molar-refractivity contribution is -0.0583. The second kappa shape index (κ2) is 20.2. The molecule has 0 bridgehead atoms. The summed E-state index contributed by atoms with van der Waals surface area (Å²) in [6, 6.07) is 8.35. The van der Waals surface area contributed by atoms with E-state index in [9.17, 15) is 19.3 Å². The van der Waals surface area contributed by atoms with Crippen LogP contribution in [-0.2, 0) is 46.8 Å². The van der Waals surface area contributed by atoms with Crippen LogP contribution in [0.3, 0.4) is 0 Å². The van der Waals surface area contributed by atoms with Gasteiger partial charge in [-0.25, -0.2) is 44.1 Å². The van der Waals surface area contributed by atoms with E-state index in [4.69, 9.17) is 53.7 Å². The van der Waals surface area contributed by atoms with Crippen LogP contribution < -0.4 is 11.5 Å². The second-order valence-electron chi connectivity index (χ2n) is 13.6. The number of carbonyl (C=O) groups is 2. The highest BCUT2D eigenvalue weighted by atomic mass is 32.7. The number of nitrogen functional groups attached to an aromatic ring is 2. The van der Waals surface area contributed by atoms with Crippen LogP contribution in [0.5, 0.6) is 0 Å². The van der Waals surface area contributed by atoms with E-state index in [-0.39, 0.29) is 36.8 Å². The number of benzene rings is 1. The van der Waals surface area contributed by atoms with Crippen LogP contribution in [0.25, 0.3) is 22.3 Å². The number of esters is 1. The number of anilines is 2. The van der Waals surface area contributed by atoms with Crippen LogP contribution in [0.15, 0.2) is 55.6 Å². The van der Waals surface area contributed by atoms with Gasteiger partial charge >= 0.3 is 18.9 Å². The molecule has 1 aromatic carbocycles. The minimum absolute atomic E-state index is 0.0695. The van der Waals surface area contributed by atoms with Crippen molar-refractivity contribution < 1.29 is 61.5 Å². The van der Waals surface area contributed by atoms with Crippen molar-refractivity contribution in [3.8, 4) is 0 Å². The molecular weight excluding hydrogens is 843 g/mol. The molecule has 0 saturated carbocycles. The number of imidazole rings is 2. The third kappa shape index (κ3) is 10.2. The minimum Gasteiger partial charge on any atom is -0.456 e. The van der Waals surface area contributed by atoms with Gasteiger partial charge in [0, 0.05) is 31.5 Å². The Morgan fingerprint density at radius 2 is 1.61 bits per heavy atom. The van der Waals surface area contributed by atoms with Crippen molar-refractivity contribution >= 4 is 64.3 Å². The quantitative estimate of drug-likeness (QED) is 0.0436. The Morgan fingerprint density at radius 3 is 2.30 bits per heavy atom. The van der Waals surface area contributed by atoms with E-state index in [0.29, 0.717) is 40.3 Å². The molecule has 2 fully saturated rings. The molecule has 2 aliphatic heterocycles. The van der Waals surface area contributed by atoms with E-state index in [2.05, 4.69) is 29.9 Å². The van der Waals surface area contributed by atoms with Crippen molar-refractivity contribution in [3.63, 3.8) is 0 Å². The van der Waals surface area contributed by atoms with Gasteiger partial charge in [-0.15, -0.1) is 0 Å². The Morgan fingerprint density at radius 1 is 0.902 bits per heavy atom. The Hall–Kier alpha value is -5.04. The summed E-state index contributed by atoms with van der Waals surface area (Å²) in [7, 11) is 1.38. The molecule has 1 unspecified atom stereocenters. The van der Waals surface area contributed by atoms with Gasteiger partial charge in [-0.3, -0.25) is 18.2 Å². The third-order valence-corrected chi connectivity index (χ3v) is 13.0. The first-order chi connectivity index (χ1) is 29.6. The predicted octanol–water partition coefficient (Wildman–Crippen LogP) is 3.42. The van der Waals surface area contributed by atoms with Crippen molar-refractivity contribution in [2.24, 2.45) is 0 Å². The molecule has 23 nitrogen and oxygen atoms in total. The summed E-state index contributed by atoms with van der Waals surface area (Å²) in [6.45, 7) is -2.92. The highest BCUT2D eigenvalue weighted by Crippen LogP contribution is 2.63. The minimum atomic E-state index is -4.49. The van der Waals surface area contributed by atoms with Gasteiger partial charge in [0.2, 0.25) is 0 Å². The lowest BCUT2D eigenvalue weighted by Crippen LogP contribution is -2.37. The number of nitrogens with zero attached hydrogens (tertiary/aromatic N) is 8. The summed E-state index contributed by atoms with van der Waals surface area (Å²) in [6.07, 6.45) is -0.972. The molecule has 0 amide bonds. The molecule has 7 rings (SSSR count). The van der Waals surface area contributed by atoms with Gasteiger partial charge in [-0.05, 0) is 18.6 Å². The van der Waals surface area contributed by atoms with Crippen LogP contribution in [0, 0.1) is 0 Å². The van der Waals surface area contributed by atoms with Gasteiger partial charge < -0.3 is 49.7 Å². The highest BCUT2D eigenvalue weighted by Gasteiger charge is 2.51. The Labute approximate surface area is 352 Å². The number of hydrogen-bond acceptors (Lipinski definition) is 22. The third-order valence-electron chi connectivity index (χ3n) is 9.67. The normalized spacial score (nSPS) is 23.6. The number of rotatable bonds is 20. The number of aromatic nitrogens is 8. The van der Waals surface area contributed by atoms with E-state index in [0.717, 1.165) is 12.8 Å². The highest BCUT2D eigenvalue weighted by molar-refractivity contribution is 8.55. The molecule has 2 aliphatic rings. The fraction of sp³-hybridized carbons (Fsp3) is 0.500. The number of carbonyl (C=O) groups excluding carboxylic acids is 2. The van der Waals surface area contributed by atoms with Crippen molar-refractivity contribution in [1.29, 1.82) is 0 Å². The number of nitrogens with two attached hydrogens (primary N) is 2. The Kier molecular flexibility index (Phi) is 14.6. The van der Waals surface area contributed by atoms with Crippen molar-refractivity contribution in [3.05, 3.63) is 61.2 Å². The molecule has 61 heavy (non-hydrogen) atoms. The molecule has 5 N–H and O–H groups in total. The maximum atomic E-state index is 14.9. The topological polar surface area (TPSA) is 294 Å². The van der Waals surface area contributed by atoms with Crippen LogP contribution in [-0.4, -0.2) is 133 Å². The summed E-state index contributed by atoms with van der Waals surface area (Å²) in [4.78, 5) is 51.0. The summed E-state index contributed by atoms with van der Waals surface area (Å²) in [5.41, 5.74) is 13.6. The zero-order valence-electron chi connectivity index (χ0n) is 33.0. The SMILES string of the molecule is CCCCOCCOC(=O)OCSP(=O)(OC[C@H]1O[C@@H](n2cnc3c(N)ncnc32)C[C@@H]1OC(=O)c1ccccc1)O[C@H]1[C@@H](OC)[C@H](n2cnc3c(N)ncnc32)O[C@@H]1CO. The van der Waals surface area contributed by atoms with Crippen molar-refractivity contribution in [2.75, 3.05) is 57.6 Å². The summed E-state index contributed by atoms with van der Waals surface area (Å²) >= 11 is 0.513. The van der Waals surface area contributed by atoms with E-state index in [1.54, 1.807) is 34.9 Å². The summed E-state index contributed by atoms with van der Waals surface area (Å²) in [5, 5.41) is 10.5. The van der Waals surface area contributed by atoms with Gasteiger partial charge in [0.05, 0.1) is 38.0 Å². The van der Waals surface area contributed by atoms with Crippen molar-refractivity contribution in [1.82, 2.24) is 39.0 Å². The van der Waals surface area contributed by atoms with E-state index >= 15 is 0 Å². The van der Waals surface area contributed by atoms with Gasteiger partial charge in [-0.1, -0.05) is 31.5 Å². The first-order valence-electron chi connectivity index (χ1n) is 19.1. The summed E-state index contributed by atoms with van der Waals surface area (Å²) < 4.78 is 70.4. The van der Waals surface area contributed by atoms with Gasteiger partial charge in [0.15, 0.2) is 35.1 Å². The molecule has 5 aromatic rings. The smallest absolute Gasteiger partial charge is 0.456 e. The van der Waals surface area contributed by atoms with Crippen LogP contribution in [0.4, 0.5) is 16.4 Å². The molecule has 6 heterocycles. The molecular formula is C36H45N10O13PS. The fourth-order valence-electron chi connectivity index (χ4n) is 6.64. The van der Waals surface area contributed by atoms with Crippen LogP contribution in [0.1, 0.15) is 49.0 Å². The number of methoxy groups -OCH3 is 1. The van der Waals surface area contributed by atoms with Crippen LogP contribution >= 0.6 is 18.2 Å². The van der Waals surface area contributed by atoms with E-state index in [1.165, 1.54) is 37.0 Å². The fourth-order valence-corrected chi connectivity index (χ4v) is 9.43. The van der Waals surface area contributed by atoms with Gasteiger partial charge in [-0.2, -0.15) is 0 Å². The molecule has 25 heteroatoms. The second-order valence-corrected chi connectivity index (χ2v) is 17.5. The molecule has 4 aromatic heterocycles. The number of unbranched alkanes of at least 4 members (excludes halogenated alkanes) is 1. The number of fused-ring (bicyclic) bond motifs is 2. The number of aliphatic hydroxyl groups is 1.